The van der Waals surface area contributed by atoms with Crippen LogP contribution in [0.1, 0.15) is 25.7 Å². The number of hydrogen-bond donors (Lipinski definition) is 1. The van der Waals surface area contributed by atoms with E-state index in [9.17, 15) is 9.90 Å². The average molecular weight is 636 g/mol. The van der Waals surface area contributed by atoms with Crippen molar-refractivity contribution in [2.75, 3.05) is 78.0 Å². The summed E-state index contributed by atoms with van der Waals surface area (Å²) in [5.74, 6) is 1.42. The summed E-state index contributed by atoms with van der Waals surface area (Å²) >= 11 is 0. The number of ether oxygens (including phenoxy) is 1. The number of amides is 1. The highest BCUT2D eigenvalue weighted by Crippen LogP contribution is 2.40. The van der Waals surface area contributed by atoms with Crippen molar-refractivity contribution < 1.29 is 14.6 Å². The third-order valence-electron chi connectivity index (χ3n) is 10.9. The molecule has 1 N–H and O–H groups in total. The number of phenols is 1. The van der Waals surface area contributed by atoms with E-state index < -0.39 is 0 Å². The normalized spacial score (nSPS) is 24.1. The predicted molar refractivity (Wildman–Crippen MR) is 185 cm³/mol. The van der Waals surface area contributed by atoms with Crippen LogP contribution >= 0.6 is 0 Å². The first kappa shape index (κ1) is 30.4. The number of piperazine rings is 2. The van der Waals surface area contributed by atoms with Gasteiger partial charge >= 0.3 is 6.01 Å². The van der Waals surface area contributed by atoms with Gasteiger partial charge in [-0.3, -0.25) is 9.69 Å². The molecule has 0 saturated carbocycles. The van der Waals surface area contributed by atoms with E-state index in [2.05, 4.69) is 58.0 Å². The average Bonchev–Trinajstić information content (AvgIpc) is 3.61. The van der Waals surface area contributed by atoms with Crippen molar-refractivity contribution in [2.24, 2.45) is 0 Å². The molecule has 2 unspecified atom stereocenters. The van der Waals surface area contributed by atoms with Crippen molar-refractivity contribution in [1.82, 2.24) is 29.6 Å². The van der Waals surface area contributed by atoms with Gasteiger partial charge in [-0.2, -0.15) is 9.97 Å². The highest BCUT2D eigenvalue weighted by atomic mass is 16.5. The van der Waals surface area contributed by atoms with Crippen LogP contribution in [0.25, 0.3) is 32.8 Å². The van der Waals surface area contributed by atoms with Crippen LogP contribution in [0.4, 0.5) is 5.82 Å². The second-order valence-corrected chi connectivity index (χ2v) is 14.0. The molecular formula is C37H45N7O3. The van der Waals surface area contributed by atoms with Crippen molar-refractivity contribution in [2.45, 2.75) is 43.8 Å². The van der Waals surface area contributed by atoms with Crippen molar-refractivity contribution in [3.63, 3.8) is 0 Å². The number of fused-ring (bicyclic) bond motifs is 4. The van der Waals surface area contributed by atoms with Gasteiger partial charge in [-0.05, 0) is 92.5 Å². The summed E-state index contributed by atoms with van der Waals surface area (Å²) in [5.41, 5.74) is 2.80. The van der Waals surface area contributed by atoms with Crippen LogP contribution in [-0.2, 0) is 4.79 Å². The van der Waals surface area contributed by atoms with Gasteiger partial charge in [0.05, 0.1) is 12.1 Å². The molecule has 4 aromatic rings. The quantitative estimate of drug-likeness (QED) is 0.323. The largest absolute Gasteiger partial charge is 0.508 e. The Morgan fingerprint density at radius 2 is 1.68 bits per heavy atom. The van der Waals surface area contributed by atoms with Gasteiger partial charge in [-0.15, -0.1) is 0 Å². The molecule has 4 saturated heterocycles. The second-order valence-electron chi connectivity index (χ2n) is 14.0. The fourth-order valence-electron chi connectivity index (χ4n) is 8.23. The Kier molecular flexibility index (Phi) is 8.11. The van der Waals surface area contributed by atoms with E-state index in [0.717, 1.165) is 104 Å². The van der Waals surface area contributed by atoms with Crippen LogP contribution < -0.4 is 9.64 Å². The molecule has 3 atom stereocenters. The number of aromatic hydroxyl groups is 1. The Bertz CT molecular complexity index is 1780. The lowest BCUT2D eigenvalue weighted by Crippen LogP contribution is -2.57. The summed E-state index contributed by atoms with van der Waals surface area (Å²) in [6, 6.07) is 19.5. The molecule has 4 fully saturated rings. The third kappa shape index (κ3) is 5.98. The van der Waals surface area contributed by atoms with E-state index in [0.29, 0.717) is 25.2 Å². The summed E-state index contributed by atoms with van der Waals surface area (Å²) in [4.78, 5) is 34.9. The maximum atomic E-state index is 13.2. The van der Waals surface area contributed by atoms with Gasteiger partial charge in [0.2, 0.25) is 5.91 Å². The van der Waals surface area contributed by atoms with Crippen molar-refractivity contribution in [1.29, 1.82) is 0 Å². The number of likely N-dealkylation sites (tertiary alicyclic amines) is 2. The van der Waals surface area contributed by atoms with Crippen LogP contribution in [0.2, 0.25) is 0 Å². The zero-order valence-corrected chi connectivity index (χ0v) is 27.5. The number of carbonyl (C=O) groups is 1. The van der Waals surface area contributed by atoms with Crippen LogP contribution in [0.5, 0.6) is 11.8 Å². The smallest absolute Gasteiger partial charge is 0.319 e. The fraction of sp³-hybridized carbons (Fsp3) is 0.486. The second kappa shape index (κ2) is 12.6. The zero-order valence-electron chi connectivity index (χ0n) is 27.5. The molecule has 4 aliphatic rings. The van der Waals surface area contributed by atoms with E-state index >= 15 is 0 Å². The van der Waals surface area contributed by atoms with E-state index in [1.807, 2.05) is 29.2 Å². The molecule has 5 heterocycles. The predicted octanol–water partition coefficient (Wildman–Crippen LogP) is 4.06. The molecule has 10 nitrogen and oxygen atoms in total. The lowest BCUT2D eigenvalue weighted by atomic mass is 9.97. The highest BCUT2D eigenvalue weighted by Gasteiger charge is 2.42. The monoisotopic (exact) mass is 635 g/mol. The first-order chi connectivity index (χ1) is 22.9. The van der Waals surface area contributed by atoms with Gasteiger partial charge in [0.15, 0.2) is 0 Å². The topological polar surface area (TPSA) is 88.5 Å². The minimum absolute atomic E-state index is 0.243. The van der Waals surface area contributed by atoms with Crippen molar-refractivity contribution in [3.8, 4) is 22.9 Å². The van der Waals surface area contributed by atoms with Gasteiger partial charge in [-0.1, -0.05) is 30.3 Å². The summed E-state index contributed by atoms with van der Waals surface area (Å²) in [6.07, 6.45) is 4.45. The molecular weight excluding hydrogens is 590 g/mol. The number of benzene rings is 3. The molecule has 1 aromatic heterocycles. The molecule has 8 rings (SSSR count). The maximum Gasteiger partial charge on any atom is 0.319 e. The zero-order chi connectivity index (χ0) is 32.1. The number of likely N-dealkylation sites (N-methyl/N-ethyl adjacent to an activating group) is 2. The summed E-state index contributed by atoms with van der Waals surface area (Å²) in [5, 5.41) is 13.7. The van der Waals surface area contributed by atoms with Crippen LogP contribution in [0.3, 0.4) is 0 Å². The van der Waals surface area contributed by atoms with Gasteiger partial charge in [0, 0.05) is 62.8 Å². The molecule has 10 heteroatoms. The first-order valence-corrected chi connectivity index (χ1v) is 17.2. The lowest BCUT2D eigenvalue weighted by Gasteiger charge is -2.42. The standard InChI is InChI=1S/C37H45N7O3/c1-40-14-16-43(17-15-40)35(46)23-42-21-27-10-11-28(22-42)44(27)36-32-12-9-26(33-20-30(45)18-25-6-3-4-8-31(25)33)19-34(32)38-37(39-36)47-24-29-7-5-13-41(29)2/h3-4,6,8-9,12,18-20,27-29,45H,5,7,10-11,13-17,21-24H2,1-2H3/t27?,28?,29-/m0/s1. The summed E-state index contributed by atoms with van der Waals surface area (Å²) in [7, 11) is 4.28. The molecule has 246 valence electrons. The molecule has 0 radical (unpaired) electrons. The number of rotatable bonds is 7. The van der Waals surface area contributed by atoms with E-state index in [4.69, 9.17) is 14.7 Å². The molecule has 47 heavy (non-hydrogen) atoms. The number of aromatic nitrogens is 2. The lowest BCUT2D eigenvalue weighted by molar-refractivity contribution is -0.134. The molecule has 0 aliphatic carbocycles. The van der Waals surface area contributed by atoms with E-state index in [1.54, 1.807) is 6.07 Å². The van der Waals surface area contributed by atoms with Gasteiger partial charge in [-0.25, -0.2) is 0 Å². The number of carbonyl (C=O) groups excluding carboxylic acids is 1. The molecule has 0 spiro atoms. The number of phenolic OH excluding ortho intramolecular Hbond substituents is 1. The van der Waals surface area contributed by atoms with Gasteiger partial charge < -0.3 is 29.4 Å². The molecule has 4 aliphatic heterocycles. The highest BCUT2D eigenvalue weighted by molar-refractivity contribution is 6.01. The molecule has 1 amide bonds. The SMILES string of the molecule is CN1CCN(C(=O)CN2CC3CCC(C2)N3c2nc(OC[C@@H]3CCCN3C)nc3cc(-c4cc(O)cc5ccccc45)ccc23)CC1. The molecule has 2 bridgehead atoms. The maximum absolute atomic E-state index is 13.2. The summed E-state index contributed by atoms with van der Waals surface area (Å²) in [6.45, 7) is 7.34. The molecule has 3 aromatic carbocycles. The van der Waals surface area contributed by atoms with E-state index in [1.165, 1.54) is 6.42 Å². The summed E-state index contributed by atoms with van der Waals surface area (Å²) < 4.78 is 6.38. The van der Waals surface area contributed by atoms with Crippen LogP contribution in [0, 0.1) is 0 Å². The van der Waals surface area contributed by atoms with Gasteiger partial charge in [0.25, 0.3) is 0 Å². The number of nitrogens with zero attached hydrogens (tertiary/aromatic N) is 7. The minimum Gasteiger partial charge on any atom is -0.508 e. The van der Waals surface area contributed by atoms with Crippen LogP contribution in [-0.4, -0.2) is 132 Å². The Hall–Kier alpha value is -3.99. The Morgan fingerprint density at radius 1 is 0.894 bits per heavy atom. The Balaban J connectivity index is 1.11. The minimum atomic E-state index is 0.243. The number of hydrogen-bond acceptors (Lipinski definition) is 9. The number of anilines is 1. The first-order valence-electron chi connectivity index (χ1n) is 17.2. The Morgan fingerprint density at radius 3 is 2.45 bits per heavy atom. The van der Waals surface area contributed by atoms with E-state index in [-0.39, 0.29) is 23.7 Å². The van der Waals surface area contributed by atoms with Crippen molar-refractivity contribution in [3.05, 3.63) is 54.6 Å². The van der Waals surface area contributed by atoms with Crippen molar-refractivity contribution >= 4 is 33.4 Å². The van der Waals surface area contributed by atoms with Gasteiger partial charge in [0.1, 0.15) is 18.2 Å². The Labute approximate surface area is 276 Å². The third-order valence-corrected chi connectivity index (χ3v) is 10.9. The van der Waals surface area contributed by atoms with Crippen LogP contribution in [0.15, 0.2) is 54.6 Å². The fourth-order valence-corrected chi connectivity index (χ4v) is 8.23.